The normalized spacial score (nSPS) is 11.1. The maximum absolute atomic E-state index is 13.5. The number of rotatable bonds is 9. The Morgan fingerprint density at radius 3 is 2.11 bits per heavy atom. The van der Waals surface area contributed by atoms with Gasteiger partial charge in [-0.3, -0.25) is 19.7 Å². The monoisotopic (exact) mass is 497 g/mol. The molecule has 0 aliphatic carbocycles. The van der Waals surface area contributed by atoms with E-state index in [0.717, 1.165) is 0 Å². The third-order valence-electron chi connectivity index (χ3n) is 5.40. The molecule has 190 valence electrons. The first-order valence-corrected chi connectivity index (χ1v) is 10.7. The Morgan fingerprint density at radius 1 is 0.917 bits per heavy atom. The number of hydrogen-bond donors (Lipinski definition) is 1. The lowest BCUT2D eigenvalue weighted by atomic mass is 10.1. The van der Waals surface area contributed by atoms with Crippen molar-refractivity contribution in [3.8, 4) is 22.9 Å². The topological polar surface area (TPSA) is 130 Å². The predicted octanol–water partition coefficient (Wildman–Crippen LogP) is 2.83. The average molecular weight is 498 g/mol. The molecule has 0 fully saturated rings. The first kappa shape index (κ1) is 26.1. The quantitative estimate of drug-likeness (QED) is 0.353. The molecule has 0 bridgehead atoms. The number of carbonyl (C=O) groups is 2. The van der Waals surface area contributed by atoms with Gasteiger partial charge in [-0.2, -0.15) is 0 Å². The number of aromatic nitrogens is 2. The van der Waals surface area contributed by atoms with E-state index in [4.69, 9.17) is 23.7 Å². The molecule has 0 unspecified atom stereocenters. The van der Waals surface area contributed by atoms with Gasteiger partial charge in [0.05, 0.1) is 75.9 Å². The van der Waals surface area contributed by atoms with Crippen molar-refractivity contribution >= 4 is 23.3 Å². The van der Waals surface area contributed by atoms with Crippen molar-refractivity contribution in [2.24, 2.45) is 4.99 Å². The second-order valence-corrected chi connectivity index (χ2v) is 7.47. The third kappa shape index (κ3) is 5.24. The fourth-order valence-corrected chi connectivity index (χ4v) is 3.58. The highest BCUT2D eigenvalue weighted by molar-refractivity contribution is 6.04. The Morgan fingerprint density at radius 2 is 1.56 bits per heavy atom. The SMILES string of the molecule is COC(=O)Cc1[nH]n(-c2ccc(OC)cc2)c(=O)c1C(C)=Nc1cc(OC)c(OC)cc1C(=O)OC. The molecule has 3 rings (SSSR count). The van der Waals surface area contributed by atoms with Crippen LogP contribution in [0.3, 0.4) is 0 Å². The number of aliphatic imine (C=N–C) groups is 1. The van der Waals surface area contributed by atoms with Gasteiger partial charge in [0.25, 0.3) is 5.56 Å². The lowest BCUT2D eigenvalue weighted by Crippen LogP contribution is -2.20. The van der Waals surface area contributed by atoms with Gasteiger partial charge < -0.3 is 23.7 Å². The highest BCUT2D eigenvalue weighted by Gasteiger charge is 2.22. The molecule has 1 aromatic heterocycles. The first-order valence-electron chi connectivity index (χ1n) is 10.7. The second kappa shape index (κ2) is 11.3. The fourth-order valence-electron chi connectivity index (χ4n) is 3.58. The lowest BCUT2D eigenvalue weighted by Gasteiger charge is -2.12. The molecule has 0 spiro atoms. The van der Waals surface area contributed by atoms with Crippen molar-refractivity contribution in [2.75, 3.05) is 35.5 Å². The van der Waals surface area contributed by atoms with Crippen LogP contribution in [0.1, 0.15) is 28.5 Å². The Balaban J connectivity index is 2.21. The van der Waals surface area contributed by atoms with Crippen LogP contribution in [-0.2, 0) is 20.7 Å². The zero-order valence-corrected chi connectivity index (χ0v) is 20.8. The minimum absolute atomic E-state index is 0.107. The summed E-state index contributed by atoms with van der Waals surface area (Å²) in [6.07, 6.45) is -0.202. The molecule has 2 aromatic carbocycles. The van der Waals surface area contributed by atoms with E-state index in [1.54, 1.807) is 38.3 Å². The maximum atomic E-state index is 13.5. The molecular weight excluding hydrogens is 470 g/mol. The standard InChI is InChI=1S/C25H27N3O8/c1-14(26-18-12-21(34-4)20(33-3)11-17(18)25(31)36-6)23-19(13-22(29)35-5)27-28(24(23)30)15-7-9-16(32-2)10-8-15/h7-12,27H,13H2,1-6H3. The predicted molar refractivity (Wildman–Crippen MR) is 131 cm³/mol. The van der Waals surface area contributed by atoms with Crippen molar-refractivity contribution in [2.45, 2.75) is 13.3 Å². The van der Waals surface area contributed by atoms with Gasteiger partial charge in [0, 0.05) is 12.1 Å². The van der Waals surface area contributed by atoms with Crippen LogP contribution < -0.4 is 19.8 Å². The average Bonchev–Trinajstić information content (AvgIpc) is 3.22. The molecule has 0 radical (unpaired) electrons. The van der Waals surface area contributed by atoms with Gasteiger partial charge in [-0.15, -0.1) is 0 Å². The van der Waals surface area contributed by atoms with Crippen LogP contribution in [0.2, 0.25) is 0 Å². The Kier molecular flexibility index (Phi) is 8.15. The van der Waals surface area contributed by atoms with Crippen LogP contribution in [0.4, 0.5) is 5.69 Å². The molecule has 0 amide bonds. The molecule has 36 heavy (non-hydrogen) atoms. The first-order chi connectivity index (χ1) is 17.3. The molecule has 11 heteroatoms. The molecule has 0 atom stereocenters. The number of esters is 2. The van der Waals surface area contributed by atoms with Gasteiger partial charge in [-0.05, 0) is 31.2 Å². The van der Waals surface area contributed by atoms with Gasteiger partial charge >= 0.3 is 11.9 Å². The molecule has 11 nitrogen and oxygen atoms in total. The van der Waals surface area contributed by atoms with E-state index in [1.165, 1.54) is 45.3 Å². The van der Waals surface area contributed by atoms with E-state index < -0.39 is 17.5 Å². The number of carbonyl (C=O) groups excluding carboxylic acids is 2. The summed E-state index contributed by atoms with van der Waals surface area (Å²) in [5, 5.41) is 2.97. The minimum atomic E-state index is -0.651. The highest BCUT2D eigenvalue weighted by atomic mass is 16.5. The number of ether oxygens (including phenoxy) is 5. The summed E-state index contributed by atoms with van der Waals surface area (Å²) in [5.41, 5.74) is 1.08. The zero-order valence-electron chi connectivity index (χ0n) is 20.8. The van der Waals surface area contributed by atoms with Crippen LogP contribution in [0.5, 0.6) is 17.2 Å². The molecule has 0 aliphatic rings. The van der Waals surface area contributed by atoms with Gasteiger partial charge in [0.1, 0.15) is 5.75 Å². The van der Waals surface area contributed by atoms with Gasteiger partial charge in [0.2, 0.25) is 0 Å². The van der Waals surface area contributed by atoms with Crippen LogP contribution >= 0.6 is 0 Å². The van der Waals surface area contributed by atoms with Crippen LogP contribution in [0.25, 0.3) is 5.69 Å². The minimum Gasteiger partial charge on any atom is -0.497 e. The Bertz CT molecular complexity index is 1350. The summed E-state index contributed by atoms with van der Waals surface area (Å²) in [6.45, 7) is 1.60. The summed E-state index contributed by atoms with van der Waals surface area (Å²) in [4.78, 5) is 42.6. The van der Waals surface area contributed by atoms with E-state index in [-0.39, 0.29) is 28.9 Å². The largest absolute Gasteiger partial charge is 0.497 e. The summed E-state index contributed by atoms with van der Waals surface area (Å²) < 4.78 is 26.8. The van der Waals surface area contributed by atoms with E-state index in [1.807, 2.05) is 0 Å². The Labute approximate surface area is 207 Å². The number of nitrogens with one attached hydrogen (secondary N) is 1. The number of hydrogen-bond acceptors (Lipinski definition) is 9. The number of nitrogens with zero attached hydrogens (tertiary/aromatic N) is 2. The molecule has 3 aromatic rings. The van der Waals surface area contributed by atoms with Crippen molar-refractivity contribution in [1.29, 1.82) is 0 Å². The van der Waals surface area contributed by atoms with Crippen molar-refractivity contribution in [1.82, 2.24) is 9.78 Å². The summed E-state index contributed by atoms with van der Waals surface area (Å²) in [7, 11) is 6.93. The van der Waals surface area contributed by atoms with Crippen LogP contribution in [-0.4, -0.2) is 63.0 Å². The van der Waals surface area contributed by atoms with Gasteiger partial charge in [0.15, 0.2) is 11.5 Å². The molecule has 1 heterocycles. The highest BCUT2D eigenvalue weighted by Crippen LogP contribution is 2.35. The van der Waals surface area contributed by atoms with E-state index >= 15 is 0 Å². The second-order valence-electron chi connectivity index (χ2n) is 7.47. The van der Waals surface area contributed by atoms with Gasteiger partial charge in [-0.1, -0.05) is 0 Å². The summed E-state index contributed by atoms with van der Waals surface area (Å²) >= 11 is 0. The van der Waals surface area contributed by atoms with Crippen molar-refractivity contribution < 1.29 is 33.3 Å². The number of methoxy groups -OCH3 is 5. The van der Waals surface area contributed by atoms with Crippen LogP contribution in [0, 0.1) is 0 Å². The lowest BCUT2D eigenvalue weighted by molar-refractivity contribution is -0.139. The molecule has 0 saturated heterocycles. The van der Waals surface area contributed by atoms with E-state index in [9.17, 15) is 14.4 Å². The van der Waals surface area contributed by atoms with Crippen LogP contribution in [0.15, 0.2) is 46.2 Å². The van der Waals surface area contributed by atoms with Crippen molar-refractivity contribution in [3.05, 3.63) is 63.6 Å². The molecule has 1 N–H and O–H groups in total. The zero-order chi connectivity index (χ0) is 26.4. The third-order valence-corrected chi connectivity index (χ3v) is 5.40. The smallest absolute Gasteiger partial charge is 0.340 e. The number of aromatic amines is 1. The molecule has 0 saturated carbocycles. The Hall–Kier alpha value is -4.54. The number of H-pyrrole nitrogens is 1. The maximum Gasteiger partial charge on any atom is 0.340 e. The number of benzene rings is 2. The molecular formula is C25H27N3O8. The van der Waals surface area contributed by atoms with Gasteiger partial charge in [-0.25, -0.2) is 9.48 Å². The van der Waals surface area contributed by atoms with Crippen molar-refractivity contribution in [3.63, 3.8) is 0 Å². The van der Waals surface area contributed by atoms with E-state index in [0.29, 0.717) is 28.6 Å². The molecule has 0 aliphatic heterocycles. The van der Waals surface area contributed by atoms with E-state index in [2.05, 4.69) is 10.1 Å². The summed E-state index contributed by atoms with van der Waals surface area (Å²) in [5.74, 6) is 0.0611. The fraction of sp³-hybridized carbons (Fsp3) is 0.280. The summed E-state index contributed by atoms with van der Waals surface area (Å²) in [6, 6.07) is 9.74.